The summed E-state index contributed by atoms with van der Waals surface area (Å²) in [6, 6.07) is 7.83. The van der Waals surface area contributed by atoms with Gasteiger partial charge in [0.2, 0.25) is 0 Å². The third kappa shape index (κ3) is 5.63. The number of hydrogen-bond donors (Lipinski definition) is 2. The summed E-state index contributed by atoms with van der Waals surface area (Å²) in [5.41, 5.74) is 0. The molecule has 20 heavy (non-hydrogen) atoms. The predicted octanol–water partition coefficient (Wildman–Crippen LogP) is 3.17. The second-order valence-corrected chi connectivity index (χ2v) is 5.21. The van der Waals surface area contributed by atoms with Gasteiger partial charge in [0.25, 0.3) is 0 Å². The molecule has 1 unspecified atom stereocenters. The van der Waals surface area contributed by atoms with Gasteiger partial charge in [-0.2, -0.15) is 0 Å². The molecule has 0 fully saturated rings. The Labute approximate surface area is 120 Å². The zero-order valence-electron chi connectivity index (χ0n) is 12.1. The van der Waals surface area contributed by atoms with E-state index in [1.165, 1.54) is 12.8 Å². The van der Waals surface area contributed by atoms with Crippen molar-refractivity contribution in [3.05, 3.63) is 48.3 Å². The van der Waals surface area contributed by atoms with E-state index in [-0.39, 0.29) is 0 Å². The molecule has 0 bridgehead atoms. The van der Waals surface area contributed by atoms with Crippen LogP contribution in [-0.4, -0.2) is 13.1 Å². The van der Waals surface area contributed by atoms with E-state index in [0.717, 1.165) is 37.7 Å². The molecule has 2 rings (SSSR count). The summed E-state index contributed by atoms with van der Waals surface area (Å²) in [4.78, 5) is 0. The molecule has 4 nitrogen and oxygen atoms in total. The summed E-state index contributed by atoms with van der Waals surface area (Å²) in [7, 11) is 0. The van der Waals surface area contributed by atoms with E-state index in [2.05, 4.69) is 17.6 Å². The summed E-state index contributed by atoms with van der Waals surface area (Å²) in [5, 5.41) is 6.81. The minimum Gasteiger partial charge on any atom is -0.468 e. The van der Waals surface area contributed by atoms with Gasteiger partial charge >= 0.3 is 0 Å². The van der Waals surface area contributed by atoms with Gasteiger partial charge in [0.15, 0.2) is 0 Å². The van der Waals surface area contributed by atoms with Gasteiger partial charge in [0.05, 0.1) is 25.6 Å². The van der Waals surface area contributed by atoms with Crippen LogP contribution in [0.1, 0.15) is 31.3 Å². The van der Waals surface area contributed by atoms with Gasteiger partial charge in [0.1, 0.15) is 11.5 Å². The van der Waals surface area contributed by atoms with Crippen LogP contribution in [0.15, 0.2) is 45.6 Å². The van der Waals surface area contributed by atoms with Crippen molar-refractivity contribution in [1.29, 1.82) is 0 Å². The van der Waals surface area contributed by atoms with Crippen molar-refractivity contribution in [3.63, 3.8) is 0 Å². The highest BCUT2D eigenvalue weighted by molar-refractivity contribution is 4.97. The number of hydrogen-bond acceptors (Lipinski definition) is 4. The van der Waals surface area contributed by atoms with E-state index in [4.69, 9.17) is 8.83 Å². The molecule has 1 atom stereocenters. The smallest absolute Gasteiger partial charge is 0.117 e. The number of nitrogens with one attached hydrogen (secondary N) is 2. The molecule has 0 saturated heterocycles. The zero-order chi connectivity index (χ0) is 14.0. The first-order valence-electron chi connectivity index (χ1n) is 7.31. The standard InChI is InChI=1S/C16H24N2O2/c1-14(11-18-13-16-7-4-10-20-16)5-2-8-17-12-15-6-3-9-19-15/h3-4,6-7,9-10,14,17-18H,2,5,8,11-13H2,1H3. The third-order valence-corrected chi connectivity index (χ3v) is 3.30. The molecule has 2 N–H and O–H groups in total. The first kappa shape index (κ1) is 14.9. The Hall–Kier alpha value is -1.52. The Bertz CT molecular complexity index is 437. The van der Waals surface area contributed by atoms with Crippen molar-refractivity contribution in [2.75, 3.05) is 13.1 Å². The van der Waals surface area contributed by atoms with Crippen molar-refractivity contribution in [3.8, 4) is 0 Å². The van der Waals surface area contributed by atoms with Crippen LogP contribution in [0.25, 0.3) is 0 Å². The fourth-order valence-electron chi connectivity index (χ4n) is 2.16. The highest BCUT2D eigenvalue weighted by Crippen LogP contribution is 2.05. The molecule has 2 aromatic rings. The van der Waals surface area contributed by atoms with E-state index in [0.29, 0.717) is 5.92 Å². The maximum atomic E-state index is 5.28. The van der Waals surface area contributed by atoms with E-state index in [1.807, 2.05) is 24.3 Å². The van der Waals surface area contributed by atoms with Crippen LogP contribution in [-0.2, 0) is 13.1 Å². The minimum absolute atomic E-state index is 0.676. The van der Waals surface area contributed by atoms with Gasteiger partial charge in [-0.05, 0) is 56.1 Å². The predicted molar refractivity (Wildman–Crippen MR) is 79.2 cm³/mol. The summed E-state index contributed by atoms with van der Waals surface area (Å²) in [6.07, 6.45) is 5.83. The zero-order valence-corrected chi connectivity index (χ0v) is 12.1. The lowest BCUT2D eigenvalue weighted by Crippen LogP contribution is -2.22. The molecule has 0 aromatic carbocycles. The van der Waals surface area contributed by atoms with Crippen LogP contribution in [0.2, 0.25) is 0 Å². The van der Waals surface area contributed by atoms with Crippen LogP contribution in [0.4, 0.5) is 0 Å². The molecule has 2 aromatic heterocycles. The average molecular weight is 276 g/mol. The first-order chi connectivity index (χ1) is 9.84. The Balaban J connectivity index is 1.44. The Morgan fingerprint density at radius 1 is 1.00 bits per heavy atom. The Morgan fingerprint density at radius 3 is 2.25 bits per heavy atom. The fraction of sp³-hybridized carbons (Fsp3) is 0.500. The fourth-order valence-corrected chi connectivity index (χ4v) is 2.16. The van der Waals surface area contributed by atoms with E-state index in [1.54, 1.807) is 12.5 Å². The van der Waals surface area contributed by atoms with Crippen LogP contribution in [0.3, 0.4) is 0 Å². The van der Waals surface area contributed by atoms with Crippen LogP contribution < -0.4 is 10.6 Å². The maximum absolute atomic E-state index is 5.28. The van der Waals surface area contributed by atoms with Crippen molar-refractivity contribution in [1.82, 2.24) is 10.6 Å². The second kappa shape index (κ2) is 8.61. The highest BCUT2D eigenvalue weighted by Gasteiger charge is 2.02. The average Bonchev–Trinajstić information content (AvgIpc) is 3.11. The second-order valence-electron chi connectivity index (χ2n) is 5.21. The monoisotopic (exact) mass is 276 g/mol. The van der Waals surface area contributed by atoms with E-state index in [9.17, 15) is 0 Å². The van der Waals surface area contributed by atoms with Crippen molar-refractivity contribution >= 4 is 0 Å². The molecule has 110 valence electrons. The van der Waals surface area contributed by atoms with E-state index >= 15 is 0 Å². The Morgan fingerprint density at radius 2 is 1.65 bits per heavy atom. The third-order valence-electron chi connectivity index (χ3n) is 3.30. The van der Waals surface area contributed by atoms with Crippen LogP contribution in [0, 0.1) is 5.92 Å². The van der Waals surface area contributed by atoms with Gasteiger partial charge in [0, 0.05) is 0 Å². The summed E-state index contributed by atoms with van der Waals surface area (Å²) >= 11 is 0. The molecule has 0 saturated carbocycles. The molecule has 0 spiro atoms. The molecule has 0 aliphatic carbocycles. The van der Waals surface area contributed by atoms with Gasteiger partial charge in [-0.3, -0.25) is 0 Å². The van der Waals surface area contributed by atoms with Crippen LogP contribution in [0.5, 0.6) is 0 Å². The molecular weight excluding hydrogens is 252 g/mol. The molecular formula is C16H24N2O2. The lowest BCUT2D eigenvalue weighted by atomic mass is 10.1. The molecule has 0 aliphatic heterocycles. The largest absolute Gasteiger partial charge is 0.468 e. The lowest BCUT2D eigenvalue weighted by Gasteiger charge is -2.12. The minimum atomic E-state index is 0.676. The van der Waals surface area contributed by atoms with Gasteiger partial charge in [-0.1, -0.05) is 6.92 Å². The number of furan rings is 2. The highest BCUT2D eigenvalue weighted by atomic mass is 16.3. The lowest BCUT2D eigenvalue weighted by molar-refractivity contribution is 0.425. The first-order valence-corrected chi connectivity index (χ1v) is 7.31. The molecule has 2 heterocycles. The topological polar surface area (TPSA) is 50.3 Å². The van der Waals surface area contributed by atoms with Crippen molar-refractivity contribution in [2.24, 2.45) is 5.92 Å². The van der Waals surface area contributed by atoms with Gasteiger partial charge in [-0.15, -0.1) is 0 Å². The van der Waals surface area contributed by atoms with E-state index < -0.39 is 0 Å². The van der Waals surface area contributed by atoms with Gasteiger partial charge in [-0.25, -0.2) is 0 Å². The normalized spacial score (nSPS) is 12.7. The van der Waals surface area contributed by atoms with Gasteiger partial charge < -0.3 is 19.5 Å². The maximum Gasteiger partial charge on any atom is 0.117 e. The summed E-state index contributed by atoms with van der Waals surface area (Å²) in [5.74, 6) is 2.67. The molecule has 0 aliphatic rings. The van der Waals surface area contributed by atoms with Crippen molar-refractivity contribution < 1.29 is 8.83 Å². The van der Waals surface area contributed by atoms with Crippen molar-refractivity contribution in [2.45, 2.75) is 32.9 Å². The van der Waals surface area contributed by atoms with Crippen LogP contribution >= 0.6 is 0 Å². The SMILES string of the molecule is CC(CCCNCc1ccco1)CNCc1ccco1. The Kier molecular flexibility index (Phi) is 6.41. The molecule has 4 heteroatoms. The summed E-state index contributed by atoms with van der Waals surface area (Å²) < 4.78 is 10.6. The summed E-state index contributed by atoms with van der Waals surface area (Å²) in [6.45, 7) is 5.97. The number of rotatable bonds is 10. The molecule has 0 amide bonds. The molecule has 0 radical (unpaired) electrons. The quantitative estimate of drug-likeness (QED) is 0.654.